The van der Waals surface area contributed by atoms with Gasteiger partial charge < -0.3 is 9.64 Å². The average molecular weight is 294 g/mol. The topological polar surface area (TPSA) is 25.4 Å². The molecule has 0 saturated carbocycles. The Morgan fingerprint density at radius 1 is 1.05 bits per heavy atom. The summed E-state index contributed by atoms with van der Waals surface area (Å²) in [6.45, 7) is 3.75. The van der Waals surface area contributed by atoms with Crippen molar-refractivity contribution in [2.45, 2.75) is 24.7 Å². The van der Waals surface area contributed by atoms with Crippen LogP contribution in [-0.2, 0) is 5.41 Å². The van der Waals surface area contributed by atoms with E-state index in [1.165, 1.54) is 44.5 Å². The Morgan fingerprint density at radius 3 is 2.64 bits per heavy atom. The van der Waals surface area contributed by atoms with Gasteiger partial charge in [0.05, 0.1) is 12.8 Å². The van der Waals surface area contributed by atoms with E-state index in [2.05, 4.69) is 35.4 Å². The van der Waals surface area contributed by atoms with E-state index in [9.17, 15) is 0 Å². The average Bonchev–Trinajstić information content (AvgIpc) is 2.90. The molecule has 3 nitrogen and oxygen atoms in total. The van der Waals surface area contributed by atoms with Gasteiger partial charge in [0.2, 0.25) is 0 Å². The lowest BCUT2D eigenvalue weighted by Gasteiger charge is -2.34. The molecule has 1 aromatic carbocycles. The first-order valence-electron chi connectivity index (χ1n) is 8.12. The summed E-state index contributed by atoms with van der Waals surface area (Å²) in [5, 5.41) is 0. The van der Waals surface area contributed by atoms with E-state index in [1.54, 1.807) is 7.11 Å². The third-order valence-electron chi connectivity index (χ3n) is 5.32. The van der Waals surface area contributed by atoms with Gasteiger partial charge >= 0.3 is 0 Å². The van der Waals surface area contributed by atoms with E-state index >= 15 is 0 Å². The SMILES string of the molecule is COc1ccc(-c2ccc(C34CCCN(CC3)C4)cn2)cc1. The number of rotatable bonds is 3. The fourth-order valence-corrected chi connectivity index (χ4v) is 4.01. The van der Waals surface area contributed by atoms with Gasteiger partial charge in [0.25, 0.3) is 0 Å². The number of aromatic nitrogens is 1. The molecule has 2 saturated heterocycles. The summed E-state index contributed by atoms with van der Waals surface area (Å²) in [7, 11) is 1.69. The highest BCUT2D eigenvalue weighted by atomic mass is 16.5. The molecule has 114 valence electrons. The van der Waals surface area contributed by atoms with Crippen LogP contribution in [0.25, 0.3) is 11.3 Å². The van der Waals surface area contributed by atoms with Crippen LogP contribution in [-0.4, -0.2) is 36.6 Å². The number of methoxy groups -OCH3 is 1. The number of hydrogen-bond donors (Lipinski definition) is 0. The fourth-order valence-electron chi connectivity index (χ4n) is 4.01. The first-order valence-corrected chi connectivity index (χ1v) is 8.12. The quantitative estimate of drug-likeness (QED) is 0.866. The largest absolute Gasteiger partial charge is 0.497 e. The Balaban J connectivity index is 1.60. The lowest BCUT2D eigenvalue weighted by molar-refractivity contribution is 0.243. The zero-order chi connectivity index (χ0) is 15.0. The number of ether oxygens (including phenoxy) is 1. The van der Waals surface area contributed by atoms with Crippen molar-refractivity contribution in [3.63, 3.8) is 0 Å². The second-order valence-corrected chi connectivity index (χ2v) is 6.57. The van der Waals surface area contributed by atoms with Crippen molar-refractivity contribution in [1.29, 1.82) is 0 Å². The first-order chi connectivity index (χ1) is 10.8. The van der Waals surface area contributed by atoms with E-state index in [4.69, 9.17) is 9.72 Å². The van der Waals surface area contributed by atoms with Crippen molar-refractivity contribution in [1.82, 2.24) is 9.88 Å². The van der Waals surface area contributed by atoms with Crippen LogP contribution in [0.2, 0.25) is 0 Å². The fraction of sp³-hybridized carbons (Fsp3) is 0.421. The molecule has 2 unspecified atom stereocenters. The van der Waals surface area contributed by atoms with E-state index in [1.807, 2.05) is 12.1 Å². The molecule has 4 rings (SSSR count). The van der Waals surface area contributed by atoms with Gasteiger partial charge in [-0.15, -0.1) is 0 Å². The number of hydrogen-bond acceptors (Lipinski definition) is 3. The molecule has 22 heavy (non-hydrogen) atoms. The summed E-state index contributed by atoms with van der Waals surface area (Å²) in [5.74, 6) is 0.882. The minimum atomic E-state index is 0.365. The highest BCUT2D eigenvalue weighted by Crippen LogP contribution is 2.42. The maximum atomic E-state index is 5.21. The molecule has 2 aliphatic rings. The summed E-state index contributed by atoms with van der Waals surface area (Å²) >= 11 is 0. The van der Waals surface area contributed by atoms with Crippen LogP contribution >= 0.6 is 0 Å². The van der Waals surface area contributed by atoms with Crippen LogP contribution in [0.15, 0.2) is 42.6 Å². The zero-order valence-electron chi connectivity index (χ0n) is 13.1. The van der Waals surface area contributed by atoms with Crippen molar-refractivity contribution in [3.05, 3.63) is 48.2 Å². The minimum absolute atomic E-state index is 0.365. The van der Waals surface area contributed by atoms with Crippen LogP contribution in [0.4, 0.5) is 0 Å². The molecule has 2 fully saturated rings. The second-order valence-electron chi connectivity index (χ2n) is 6.57. The van der Waals surface area contributed by atoms with Crippen LogP contribution in [0.3, 0.4) is 0 Å². The molecular formula is C19H22N2O. The Kier molecular flexibility index (Phi) is 3.38. The third-order valence-corrected chi connectivity index (χ3v) is 5.32. The van der Waals surface area contributed by atoms with Gasteiger partial charge in [0, 0.05) is 23.7 Å². The van der Waals surface area contributed by atoms with E-state index in [0.29, 0.717) is 5.41 Å². The summed E-state index contributed by atoms with van der Waals surface area (Å²) in [6.07, 6.45) is 6.03. The first kappa shape index (κ1) is 13.8. The monoisotopic (exact) mass is 294 g/mol. The summed E-state index contributed by atoms with van der Waals surface area (Å²) in [5.41, 5.74) is 3.96. The van der Waals surface area contributed by atoms with Gasteiger partial charge in [-0.05, 0) is 68.2 Å². The molecule has 2 aromatic rings. The number of piperidine rings is 1. The molecule has 2 bridgehead atoms. The van der Waals surface area contributed by atoms with Crippen molar-refractivity contribution >= 4 is 0 Å². The predicted octanol–water partition coefficient (Wildman–Crippen LogP) is 3.49. The van der Waals surface area contributed by atoms with Crippen LogP contribution in [0.1, 0.15) is 24.8 Å². The molecule has 0 radical (unpaired) electrons. The highest BCUT2D eigenvalue weighted by molar-refractivity contribution is 5.60. The van der Waals surface area contributed by atoms with E-state index in [-0.39, 0.29) is 0 Å². The normalized spacial score (nSPS) is 26.9. The second kappa shape index (κ2) is 5.40. The van der Waals surface area contributed by atoms with Crippen LogP contribution in [0, 0.1) is 0 Å². The molecule has 0 aliphatic carbocycles. The maximum Gasteiger partial charge on any atom is 0.118 e. The number of fused-ring (bicyclic) bond motifs is 2. The van der Waals surface area contributed by atoms with Crippen molar-refractivity contribution in [2.75, 3.05) is 26.7 Å². The molecular weight excluding hydrogens is 272 g/mol. The Labute approximate surface area is 131 Å². The van der Waals surface area contributed by atoms with Gasteiger partial charge in [-0.1, -0.05) is 6.07 Å². The predicted molar refractivity (Wildman–Crippen MR) is 88.2 cm³/mol. The summed E-state index contributed by atoms with van der Waals surface area (Å²) < 4.78 is 5.21. The Bertz CT molecular complexity index is 646. The van der Waals surface area contributed by atoms with Crippen LogP contribution < -0.4 is 4.74 Å². The standard InChI is InChI=1S/C19H22N2O/c1-22-17-6-3-15(4-7-17)18-8-5-16(13-20-18)19-9-2-11-21(14-19)12-10-19/h3-8,13H,2,9-12,14H2,1H3. The summed E-state index contributed by atoms with van der Waals surface area (Å²) in [4.78, 5) is 7.33. The molecule has 2 aliphatic heterocycles. The van der Waals surface area contributed by atoms with Crippen molar-refractivity contribution in [3.8, 4) is 17.0 Å². The number of benzene rings is 1. The Hall–Kier alpha value is -1.87. The smallest absolute Gasteiger partial charge is 0.118 e. The maximum absolute atomic E-state index is 5.21. The highest BCUT2D eigenvalue weighted by Gasteiger charge is 2.42. The Morgan fingerprint density at radius 2 is 1.91 bits per heavy atom. The molecule has 0 spiro atoms. The van der Waals surface area contributed by atoms with Gasteiger partial charge in [-0.25, -0.2) is 0 Å². The minimum Gasteiger partial charge on any atom is -0.497 e. The zero-order valence-corrected chi connectivity index (χ0v) is 13.1. The van der Waals surface area contributed by atoms with Gasteiger partial charge in [-0.2, -0.15) is 0 Å². The van der Waals surface area contributed by atoms with Gasteiger partial charge in [0.1, 0.15) is 5.75 Å². The molecule has 3 heterocycles. The lowest BCUT2D eigenvalue weighted by atomic mass is 9.75. The molecule has 2 atom stereocenters. The van der Waals surface area contributed by atoms with E-state index in [0.717, 1.165) is 17.0 Å². The molecule has 0 amide bonds. The van der Waals surface area contributed by atoms with Gasteiger partial charge in [-0.3, -0.25) is 4.98 Å². The molecule has 1 aromatic heterocycles. The number of nitrogens with zero attached hydrogens (tertiary/aromatic N) is 2. The number of pyridine rings is 1. The lowest BCUT2D eigenvalue weighted by Crippen LogP contribution is -2.36. The third kappa shape index (κ3) is 2.30. The van der Waals surface area contributed by atoms with Crippen molar-refractivity contribution in [2.24, 2.45) is 0 Å². The van der Waals surface area contributed by atoms with Crippen LogP contribution in [0.5, 0.6) is 5.75 Å². The molecule has 0 N–H and O–H groups in total. The van der Waals surface area contributed by atoms with Crippen molar-refractivity contribution < 1.29 is 4.74 Å². The van der Waals surface area contributed by atoms with Gasteiger partial charge in [0.15, 0.2) is 0 Å². The van der Waals surface area contributed by atoms with E-state index < -0.39 is 0 Å². The molecule has 3 heteroatoms. The summed E-state index contributed by atoms with van der Waals surface area (Å²) in [6, 6.07) is 12.6.